The second-order valence-corrected chi connectivity index (χ2v) is 8.60. The zero-order valence-electron chi connectivity index (χ0n) is 17.8. The lowest BCUT2D eigenvalue weighted by atomic mass is 9.89. The van der Waals surface area contributed by atoms with Crippen molar-refractivity contribution in [3.63, 3.8) is 0 Å². The van der Waals surface area contributed by atoms with Crippen molar-refractivity contribution in [1.29, 1.82) is 0 Å². The molecule has 1 aromatic heterocycles. The van der Waals surface area contributed by atoms with Crippen molar-refractivity contribution < 1.29 is 9.21 Å². The van der Waals surface area contributed by atoms with Gasteiger partial charge in [-0.05, 0) is 25.0 Å². The van der Waals surface area contributed by atoms with Gasteiger partial charge in [0, 0.05) is 76.8 Å². The maximum absolute atomic E-state index is 12.9. The Kier molecular flexibility index (Phi) is 5.41. The molecule has 5 rings (SSSR count). The van der Waals surface area contributed by atoms with Gasteiger partial charge in [0.25, 0.3) is 0 Å². The van der Waals surface area contributed by atoms with Gasteiger partial charge in [-0.2, -0.15) is 0 Å². The van der Waals surface area contributed by atoms with Gasteiger partial charge in [-0.15, -0.1) is 5.10 Å². The van der Waals surface area contributed by atoms with Gasteiger partial charge < -0.3 is 20.0 Å². The number of amides is 1. The van der Waals surface area contributed by atoms with E-state index in [1.54, 1.807) is 6.20 Å². The number of dihydropyridines is 1. The van der Waals surface area contributed by atoms with E-state index in [2.05, 4.69) is 48.7 Å². The molecule has 5 heterocycles. The lowest BCUT2D eigenvalue weighted by Crippen LogP contribution is -2.58. The summed E-state index contributed by atoms with van der Waals surface area (Å²) in [6, 6.07) is 0.382. The molecular weight excluding hydrogens is 396 g/mol. The van der Waals surface area contributed by atoms with Gasteiger partial charge in [-0.1, -0.05) is 5.10 Å². The van der Waals surface area contributed by atoms with E-state index in [0.29, 0.717) is 11.9 Å². The quantitative estimate of drug-likeness (QED) is 0.729. The smallest absolute Gasteiger partial charge is 0.318 e. The molecule has 10 heteroatoms. The Labute approximate surface area is 181 Å². The predicted molar refractivity (Wildman–Crippen MR) is 118 cm³/mol. The van der Waals surface area contributed by atoms with E-state index >= 15 is 0 Å². The number of nitrogens with one attached hydrogen (secondary N) is 2. The fourth-order valence-electron chi connectivity index (χ4n) is 4.67. The second-order valence-electron chi connectivity index (χ2n) is 8.60. The summed E-state index contributed by atoms with van der Waals surface area (Å²) in [5.74, 6) is 0.0604. The number of piperazine rings is 1. The summed E-state index contributed by atoms with van der Waals surface area (Å²) in [5, 5.41) is 14.5. The second kappa shape index (κ2) is 8.35. The number of hydrogen-bond donors (Lipinski definition) is 2. The SMILES string of the molecule is CC1(N2CCNCC2)CC=NC=C1NC(=O)c1nnc(N2CCC3CN=CC=C3C2)o1. The molecule has 2 N–H and O–H groups in total. The minimum absolute atomic E-state index is 0.0329. The number of aliphatic imine (C=N–C) groups is 2. The third-order valence-electron chi connectivity index (χ3n) is 6.69. The maximum Gasteiger partial charge on any atom is 0.318 e. The Balaban J connectivity index is 1.28. The molecule has 0 bridgehead atoms. The summed E-state index contributed by atoms with van der Waals surface area (Å²) in [6.07, 6.45) is 9.27. The summed E-state index contributed by atoms with van der Waals surface area (Å²) < 4.78 is 5.76. The molecule has 4 aliphatic rings. The minimum atomic E-state index is -0.401. The highest BCUT2D eigenvalue weighted by Crippen LogP contribution is 2.30. The van der Waals surface area contributed by atoms with Crippen LogP contribution in [0.15, 0.2) is 37.9 Å². The van der Waals surface area contributed by atoms with Crippen LogP contribution in [0.3, 0.4) is 0 Å². The van der Waals surface area contributed by atoms with Crippen molar-refractivity contribution in [2.75, 3.05) is 50.7 Å². The minimum Gasteiger partial charge on any atom is -0.399 e. The zero-order chi connectivity index (χ0) is 21.3. The number of anilines is 1. The summed E-state index contributed by atoms with van der Waals surface area (Å²) in [6.45, 7) is 8.21. The molecule has 1 aromatic rings. The third kappa shape index (κ3) is 3.92. The van der Waals surface area contributed by atoms with Crippen LogP contribution in [0.25, 0.3) is 0 Å². The Morgan fingerprint density at radius 2 is 2.16 bits per heavy atom. The summed E-state index contributed by atoms with van der Waals surface area (Å²) in [5.41, 5.74) is 1.76. The number of allylic oxidation sites excluding steroid dienone is 1. The number of carbonyl (C=O) groups excluding carboxylic acids is 1. The van der Waals surface area contributed by atoms with Crippen LogP contribution in [0.2, 0.25) is 0 Å². The highest BCUT2D eigenvalue weighted by molar-refractivity contribution is 5.91. The standard InChI is InChI=1S/C21H28N8O2/c1-21(29-10-7-22-8-11-29)4-6-24-13-17(21)25-18(30)19-26-27-20(31-19)28-9-3-15-12-23-5-2-16(15)14-28/h2,5-6,13,15,22H,3-4,7-12,14H2,1H3,(H,25,30). The summed E-state index contributed by atoms with van der Waals surface area (Å²) in [7, 11) is 0. The van der Waals surface area contributed by atoms with Crippen LogP contribution in [0.1, 0.15) is 30.5 Å². The first-order valence-electron chi connectivity index (χ1n) is 10.9. The molecule has 1 amide bonds. The first kappa shape index (κ1) is 20.1. The van der Waals surface area contributed by atoms with Gasteiger partial charge in [0.1, 0.15) is 0 Å². The van der Waals surface area contributed by atoms with Crippen LogP contribution in [0.4, 0.5) is 6.01 Å². The first-order valence-corrected chi connectivity index (χ1v) is 10.9. The fourth-order valence-corrected chi connectivity index (χ4v) is 4.67. The molecule has 0 saturated carbocycles. The lowest BCUT2D eigenvalue weighted by molar-refractivity contribution is 0.0871. The molecule has 31 heavy (non-hydrogen) atoms. The molecule has 10 nitrogen and oxygen atoms in total. The average molecular weight is 425 g/mol. The lowest BCUT2D eigenvalue weighted by Gasteiger charge is -2.45. The monoisotopic (exact) mass is 424 g/mol. The summed E-state index contributed by atoms with van der Waals surface area (Å²) >= 11 is 0. The van der Waals surface area contributed by atoms with Crippen molar-refractivity contribution in [2.45, 2.75) is 25.3 Å². The van der Waals surface area contributed by atoms with Gasteiger partial charge in [-0.25, -0.2) is 0 Å². The molecule has 2 saturated heterocycles. The van der Waals surface area contributed by atoms with Gasteiger partial charge >= 0.3 is 17.8 Å². The van der Waals surface area contributed by atoms with Crippen molar-refractivity contribution >= 4 is 24.4 Å². The topological polar surface area (TPSA) is 111 Å². The van der Waals surface area contributed by atoms with Crippen LogP contribution < -0.4 is 15.5 Å². The molecule has 164 valence electrons. The molecule has 4 aliphatic heterocycles. The van der Waals surface area contributed by atoms with Gasteiger partial charge in [-0.3, -0.25) is 19.7 Å². The van der Waals surface area contributed by atoms with Crippen molar-refractivity contribution in [3.05, 3.63) is 29.4 Å². The molecule has 0 spiro atoms. The number of aromatic nitrogens is 2. The molecule has 0 aromatic carbocycles. The highest BCUT2D eigenvalue weighted by Gasteiger charge is 2.38. The van der Waals surface area contributed by atoms with Gasteiger partial charge in [0.2, 0.25) is 0 Å². The van der Waals surface area contributed by atoms with Crippen LogP contribution in [0, 0.1) is 5.92 Å². The van der Waals surface area contributed by atoms with Gasteiger partial charge in [0.15, 0.2) is 0 Å². The number of piperidine rings is 1. The van der Waals surface area contributed by atoms with E-state index in [1.807, 2.05) is 17.3 Å². The third-order valence-corrected chi connectivity index (χ3v) is 6.69. The van der Waals surface area contributed by atoms with Crippen LogP contribution in [-0.2, 0) is 0 Å². The Hall–Kier alpha value is -2.85. The number of nitrogens with zero attached hydrogens (tertiary/aromatic N) is 6. The Bertz CT molecular complexity index is 958. The Morgan fingerprint density at radius 1 is 1.29 bits per heavy atom. The number of fused-ring (bicyclic) bond motifs is 1. The Morgan fingerprint density at radius 3 is 3.03 bits per heavy atom. The number of carbonyl (C=O) groups is 1. The predicted octanol–water partition coefficient (Wildman–Crippen LogP) is 0.616. The zero-order valence-corrected chi connectivity index (χ0v) is 17.8. The van der Waals surface area contributed by atoms with Crippen molar-refractivity contribution in [3.8, 4) is 0 Å². The first-order chi connectivity index (χ1) is 15.1. The molecule has 2 fully saturated rings. The molecule has 0 aliphatic carbocycles. The van der Waals surface area contributed by atoms with E-state index in [-0.39, 0.29) is 11.4 Å². The van der Waals surface area contributed by atoms with Crippen molar-refractivity contribution in [2.24, 2.45) is 15.9 Å². The average Bonchev–Trinajstić information content (AvgIpc) is 3.31. The van der Waals surface area contributed by atoms with E-state index in [4.69, 9.17) is 4.42 Å². The van der Waals surface area contributed by atoms with E-state index in [0.717, 1.165) is 64.4 Å². The van der Waals surface area contributed by atoms with Crippen LogP contribution in [-0.4, -0.2) is 84.8 Å². The van der Waals surface area contributed by atoms with Crippen LogP contribution in [0.5, 0.6) is 0 Å². The van der Waals surface area contributed by atoms with Crippen LogP contribution >= 0.6 is 0 Å². The molecular formula is C21H28N8O2. The molecule has 2 unspecified atom stereocenters. The number of hydrogen-bond acceptors (Lipinski definition) is 9. The van der Waals surface area contributed by atoms with Gasteiger partial charge in [0.05, 0.1) is 11.2 Å². The molecule has 2 atom stereocenters. The fraction of sp³-hybridized carbons (Fsp3) is 0.571. The van der Waals surface area contributed by atoms with E-state index in [1.165, 1.54) is 5.57 Å². The highest BCUT2D eigenvalue weighted by atomic mass is 16.4. The maximum atomic E-state index is 12.9. The molecule has 0 radical (unpaired) electrons. The van der Waals surface area contributed by atoms with E-state index < -0.39 is 5.91 Å². The van der Waals surface area contributed by atoms with E-state index in [9.17, 15) is 4.79 Å². The number of rotatable bonds is 4. The normalized spacial score (nSPS) is 28.7. The largest absolute Gasteiger partial charge is 0.399 e. The van der Waals surface area contributed by atoms with Crippen molar-refractivity contribution in [1.82, 2.24) is 25.7 Å². The summed E-state index contributed by atoms with van der Waals surface area (Å²) in [4.78, 5) is 26.0.